The minimum Gasteiger partial charge on any atom is -0.493 e. The molecule has 0 saturated carbocycles. The van der Waals surface area contributed by atoms with Gasteiger partial charge in [0.25, 0.3) is 5.91 Å². The summed E-state index contributed by atoms with van der Waals surface area (Å²) in [6.07, 6.45) is 0.818. The Bertz CT molecular complexity index is 496. The number of piperazine rings is 1. The zero-order valence-corrected chi connectivity index (χ0v) is 11.7. The zero-order chi connectivity index (χ0) is 14.5. The molecule has 0 radical (unpaired) electrons. The molecule has 0 spiro atoms. The van der Waals surface area contributed by atoms with Gasteiger partial charge in [-0.05, 0) is 18.2 Å². The summed E-state index contributed by atoms with van der Waals surface area (Å²) in [4.78, 5) is 26.4. The number of amides is 2. The number of ether oxygens (including phenoxy) is 2. The SMILES string of the molecule is COc1ccc(C(=O)N2CCN(C=O)CC2)cc1OC. The second-order valence-corrected chi connectivity index (χ2v) is 4.50. The van der Waals surface area contributed by atoms with Gasteiger partial charge in [-0.1, -0.05) is 0 Å². The van der Waals surface area contributed by atoms with E-state index in [4.69, 9.17) is 9.47 Å². The first-order chi connectivity index (χ1) is 9.69. The lowest BCUT2D eigenvalue weighted by molar-refractivity contribution is -0.119. The standard InChI is InChI=1S/C14H18N2O4/c1-19-12-4-3-11(9-13(12)20-2)14(18)16-7-5-15(10-17)6-8-16/h3-4,9-10H,5-8H2,1-2H3. The van der Waals surface area contributed by atoms with Crippen LogP contribution in [0.4, 0.5) is 0 Å². The van der Waals surface area contributed by atoms with Crippen molar-refractivity contribution in [3.05, 3.63) is 23.8 Å². The number of hydrogen-bond donors (Lipinski definition) is 0. The van der Waals surface area contributed by atoms with Gasteiger partial charge in [-0.15, -0.1) is 0 Å². The van der Waals surface area contributed by atoms with Crippen LogP contribution in [0.15, 0.2) is 18.2 Å². The fourth-order valence-electron chi connectivity index (χ4n) is 2.18. The van der Waals surface area contributed by atoms with E-state index in [1.165, 1.54) is 7.11 Å². The van der Waals surface area contributed by atoms with Crippen LogP contribution in [-0.4, -0.2) is 62.5 Å². The molecule has 1 fully saturated rings. The summed E-state index contributed by atoms with van der Waals surface area (Å²) < 4.78 is 10.3. The summed E-state index contributed by atoms with van der Waals surface area (Å²) in [7, 11) is 3.09. The van der Waals surface area contributed by atoms with E-state index in [0.29, 0.717) is 43.2 Å². The molecule has 0 atom stereocenters. The molecule has 1 heterocycles. The highest BCUT2D eigenvalue weighted by molar-refractivity contribution is 5.95. The number of carbonyl (C=O) groups excluding carboxylic acids is 2. The van der Waals surface area contributed by atoms with Crippen LogP contribution in [0.2, 0.25) is 0 Å². The maximum atomic E-state index is 12.4. The molecule has 0 N–H and O–H groups in total. The lowest BCUT2D eigenvalue weighted by Crippen LogP contribution is -2.48. The monoisotopic (exact) mass is 278 g/mol. The molecule has 1 saturated heterocycles. The minimum absolute atomic E-state index is 0.0588. The maximum Gasteiger partial charge on any atom is 0.254 e. The number of benzene rings is 1. The zero-order valence-electron chi connectivity index (χ0n) is 11.7. The van der Waals surface area contributed by atoms with Crippen molar-refractivity contribution in [3.63, 3.8) is 0 Å². The van der Waals surface area contributed by atoms with E-state index in [1.54, 1.807) is 35.1 Å². The highest BCUT2D eigenvalue weighted by Crippen LogP contribution is 2.28. The van der Waals surface area contributed by atoms with Gasteiger partial charge in [-0.25, -0.2) is 0 Å². The number of hydrogen-bond acceptors (Lipinski definition) is 4. The molecule has 1 aliphatic heterocycles. The third-order valence-corrected chi connectivity index (χ3v) is 3.38. The third kappa shape index (κ3) is 2.84. The third-order valence-electron chi connectivity index (χ3n) is 3.38. The normalized spacial score (nSPS) is 14.9. The molecule has 0 aromatic heterocycles. The molecule has 0 bridgehead atoms. The van der Waals surface area contributed by atoms with Crippen LogP contribution in [0.3, 0.4) is 0 Å². The molecule has 6 heteroatoms. The molecule has 0 unspecified atom stereocenters. The Morgan fingerprint density at radius 1 is 1.10 bits per heavy atom. The van der Waals surface area contributed by atoms with E-state index in [2.05, 4.69) is 0 Å². The summed E-state index contributed by atoms with van der Waals surface area (Å²) in [5.41, 5.74) is 0.558. The van der Waals surface area contributed by atoms with Crippen LogP contribution in [0.1, 0.15) is 10.4 Å². The summed E-state index contributed by atoms with van der Waals surface area (Å²) >= 11 is 0. The van der Waals surface area contributed by atoms with Crippen LogP contribution in [-0.2, 0) is 4.79 Å². The fourth-order valence-corrected chi connectivity index (χ4v) is 2.18. The van der Waals surface area contributed by atoms with Gasteiger partial charge in [0.15, 0.2) is 11.5 Å². The Labute approximate surface area is 117 Å². The van der Waals surface area contributed by atoms with E-state index in [-0.39, 0.29) is 5.91 Å². The number of nitrogens with zero attached hydrogens (tertiary/aromatic N) is 2. The number of carbonyl (C=O) groups is 2. The summed E-state index contributed by atoms with van der Waals surface area (Å²) in [5, 5.41) is 0. The lowest BCUT2D eigenvalue weighted by atomic mass is 10.1. The van der Waals surface area contributed by atoms with Gasteiger partial charge in [-0.3, -0.25) is 9.59 Å². The Morgan fingerprint density at radius 3 is 2.30 bits per heavy atom. The first kappa shape index (κ1) is 14.2. The van der Waals surface area contributed by atoms with Gasteiger partial charge in [0.2, 0.25) is 6.41 Å². The molecule has 1 aromatic carbocycles. The van der Waals surface area contributed by atoms with E-state index in [9.17, 15) is 9.59 Å². The van der Waals surface area contributed by atoms with Crippen LogP contribution in [0, 0.1) is 0 Å². The average Bonchev–Trinajstić information content (AvgIpc) is 2.53. The van der Waals surface area contributed by atoms with Gasteiger partial charge in [0.1, 0.15) is 0 Å². The van der Waals surface area contributed by atoms with Gasteiger partial charge < -0.3 is 19.3 Å². The van der Waals surface area contributed by atoms with Gasteiger partial charge in [-0.2, -0.15) is 0 Å². The quantitative estimate of drug-likeness (QED) is 0.758. The van der Waals surface area contributed by atoms with Crippen molar-refractivity contribution < 1.29 is 19.1 Å². The number of rotatable bonds is 4. The molecule has 20 heavy (non-hydrogen) atoms. The van der Waals surface area contributed by atoms with Crippen LogP contribution < -0.4 is 9.47 Å². The van der Waals surface area contributed by atoms with Crippen molar-refractivity contribution in [2.24, 2.45) is 0 Å². The summed E-state index contributed by atoms with van der Waals surface area (Å²) in [6.45, 7) is 2.24. The van der Waals surface area contributed by atoms with Gasteiger partial charge in [0.05, 0.1) is 14.2 Å². The topological polar surface area (TPSA) is 59.1 Å². The summed E-state index contributed by atoms with van der Waals surface area (Å²) in [6, 6.07) is 5.11. The molecule has 1 aliphatic rings. The predicted octanol–water partition coefficient (Wildman–Crippen LogP) is 0.618. The second kappa shape index (κ2) is 6.27. The van der Waals surface area contributed by atoms with Crippen molar-refractivity contribution in [2.45, 2.75) is 0 Å². The van der Waals surface area contributed by atoms with E-state index < -0.39 is 0 Å². The lowest BCUT2D eigenvalue weighted by Gasteiger charge is -2.32. The van der Waals surface area contributed by atoms with Crippen molar-refractivity contribution in [1.82, 2.24) is 9.80 Å². The Balaban J connectivity index is 2.11. The van der Waals surface area contributed by atoms with Crippen molar-refractivity contribution >= 4 is 12.3 Å². The van der Waals surface area contributed by atoms with Crippen molar-refractivity contribution in [1.29, 1.82) is 0 Å². The molecular weight excluding hydrogens is 260 g/mol. The molecule has 1 aromatic rings. The smallest absolute Gasteiger partial charge is 0.254 e. The van der Waals surface area contributed by atoms with Crippen molar-refractivity contribution in [3.8, 4) is 11.5 Å². The van der Waals surface area contributed by atoms with E-state index in [1.807, 2.05) is 0 Å². The van der Waals surface area contributed by atoms with Crippen LogP contribution in [0.5, 0.6) is 11.5 Å². The Morgan fingerprint density at radius 2 is 1.75 bits per heavy atom. The maximum absolute atomic E-state index is 12.4. The predicted molar refractivity (Wildman–Crippen MR) is 73.1 cm³/mol. The van der Waals surface area contributed by atoms with Crippen molar-refractivity contribution in [2.75, 3.05) is 40.4 Å². The summed E-state index contributed by atoms with van der Waals surface area (Å²) in [5.74, 6) is 1.07. The molecule has 6 nitrogen and oxygen atoms in total. The highest BCUT2D eigenvalue weighted by Gasteiger charge is 2.22. The largest absolute Gasteiger partial charge is 0.493 e. The molecule has 2 amide bonds. The number of methoxy groups -OCH3 is 2. The fraction of sp³-hybridized carbons (Fsp3) is 0.429. The first-order valence-corrected chi connectivity index (χ1v) is 6.40. The Kier molecular flexibility index (Phi) is 4.45. The molecule has 108 valence electrons. The van der Waals surface area contributed by atoms with E-state index >= 15 is 0 Å². The van der Waals surface area contributed by atoms with Crippen LogP contribution in [0.25, 0.3) is 0 Å². The van der Waals surface area contributed by atoms with Gasteiger partial charge in [0, 0.05) is 31.7 Å². The molecule has 0 aliphatic carbocycles. The Hall–Kier alpha value is -2.24. The second-order valence-electron chi connectivity index (χ2n) is 4.50. The van der Waals surface area contributed by atoms with Crippen LogP contribution >= 0.6 is 0 Å². The minimum atomic E-state index is -0.0588. The molecule has 2 rings (SSSR count). The highest BCUT2D eigenvalue weighted by atomic mass is 16.5. The first-order valence-electron chi connectivity index (χ1n) is 6.40. The molecular formula is C14H18N2O4. The average molecular weight is 278 g/mol. The van der Waals surface area contributed by atoms with Gasteiger partial charge >= 0.3 is 0 Å². The van der Waals surface area contributed by atoms with E-state index in [0.717, 1.165) is 6.41 Å².